The molecule has 1 heterocycles. The van der Waals surface area contributed by atoms with Gasteiger partial charge in [0.1, 0.15) is 0 Å². The van der Waals surface area contributed by atoms with Crippen LogP contribution in [0.3, 0.4) is 0 Å². The Morgan fingerprint density at radius 1 is 0.700 bits per heavy atom. The van der Waals surface area contributed by atoms with E-state index in [9.17, 15) is 0 Å². The van der Waals surface area contributed by atoms with Crippen molar-refractivity contribution in [3.05, 3.63) is 0 Å². The normalized spacial score (nSPS) is 23.1. The van der Waals surface area contributed by atoms with Crippen molar-refractivity contribution in [1.29, 1.82) is 0 Å². The summed E-state index contributed by atoms with van der Waals surface area (Å²) in [6.45, 7) is 0.512. The van der Waals surface area contributed by atoms with E-state index in [4.69, 9.17) is 5.64 Å². The van der Waals surface area contributed by atoms with Crippen LogP contribution in [0.5, 0.6) is 0 Å². The maximum Gasteiger partial charge on any atom is 0.217 e. The number of nitrogens with two attached hydrogens (primary N) is 1. The van der Waals surface area contributed by atoms with Crippen LogP contribution in [0.15, 0.2) is 0 Å². The van der Waals surface area contributed by atoms with Gasteiger partial charge in [-0.2, -0.15) is 0 Å². The van der Waals surface area contributed by atoms with E-state index in [1.807, 2.05) is 0 Å². The van der Waals surface area contributed by atoms with Crippen LogP contribution in [0.1, 0.15) is 38.5 Å². The molecule has 0 saturated carbocycles. The van der Waals surface area contributed by atoms with Crippen LogP contribution >= 0.6 is 0 Å². The molecule has 0 aromatic heterocycles. The summed E-state index contributed by atoms with van der Waals surface area (Å²) in [7, 11) is 0. The third-order valence-corrected chi connectivity index (χ3v) is 2.40. The topological polar surface area (TPSA) is 26.0 Å². The Morgan fingerprint density at radius 2 is 1.10 bits per heavy atom. The van der Waals surface area contributed by atoms with Gasteiger partial charge in [-0.3, -0.25) is 0 Å². The molecule has 0 amide bonds. The molecule has 0 spiro atoms. The highest BCUT2D eigenvalue weighted by Crippen LogP contribution is 2.15. The van der Waals surface area contributed by atoms with Crippen molar-refractivity contribution in [2.75, 3.05) is 0 Å². The van der Waals surface area contributed by atoms with Crippen molar-refractivity contribution in [2.45, 2.75) is 51.2 Å². The maximum atomic E-state index is 5.87. The lowest BCUT2D eigenvalue weighted by Crippen LogP contribution is -2.24. The Labute approximate surface area is 64.5 Å². The molecule has 0 unspecified atom stereocenters. The van der Waals surface area contributed by atoms with E-state index in [0.29, 0.717) is 6.85 Å². The fourth-order valence-electron chi connectivity index (χ4n) is 1.66. The molecule has 0 aromatic carbocycles. The Bertz CT molecular complexity index is 75.3. The molecule has 1 fully saturated rings. The Balaban J connectivity index is 2.15. The second-order valence-electron chi connectivity index (χ2n) is 3.46. The first-order valence-corrected chi connectivity index (χ1v) is 4.65. The van der Waals surface area contributed by atoms with Crippen LogP contribution in [0.2, 0.25) is 12.6 Å². The van der Waals surface area contributed by atoms with Crippen molar-refractivity contribution >= 4 is 6.85 Å². The average molecular weight is 139 g/mol. The summed E-state index contributed by atoms with van der Waals surface area (Å²) < 4.78 is 0. The van der Waals surface area contributed by atoms with Crippen LogP contribution in [0.25, 0.3) is 0 Å². The van der Waals surface area contributed by atoms with E-state index in [1.54, 1.807) is 0 Å². The van der Waals surface area contributed by atoms with Gasteiger partial charge in [-0.15, -0.1) is 0 Å². The SMILES string of the molecule is NB1CCCCCCCC1. The summed E-state index contributed by atoms with van der Waals surface area (Å²) in [5, 5.41) is 0. The summed E-state index contributed by atoms with van der Waals surface area (Å²) in [5.41, 5.74) is 5.87. The molecule has 0 aromatic rings. The largest absolute Gasteiger partial charge is 0.370 e. The molecule has 2 heteroatoms. The van der Waals surface area contributed by atoms with Gasteiger partial charge in [0.15, 0.2) is 0 Å². The minimum absolute atomic E-state index is 0.512. The van der Waals surface area contributed by atoms with Gasteiger partial charge in [0, 0.05) is 0 Å². The molecule has 0 atom stereocenters. The third kappa shape index (κ3) is 3.26. The third-order valence-electron chi connectivity index (χ3n) is 2.40. The summed E-state index contributed by atoms with van der Waals surface area (Å²) in [6, 6.07) is 0. The van der Waals surface area contributed by atoms with Crippen LogP contribution < -0.4 is 5.64 Å². The maximum absolute atomic E-state index is 5.87. The minimum Gasteiger partial charge on any atom is -0.370 e. The molecule has 2 N–H and O–H groups in total. The molecule has 1 saturated heterocycles. The number of rotatable bonds is 0. The molecule has 10 heavy (non-hydrogen) atoms. The summed E-state index contributed by atoms with van der Waals surface area (Å²) in [4.78, 5) is 0. The monoisotopic (exact) mass is 139 g/mol. The molecule has 0 bridgehead atoms. The predicted octanol–water partition coefficient (Wildman–Crippen LogP) is 2.29. The first-order valence-electron chi connectivity index (χ1n) is 4.65. The van der Waals surface area contributed by atoms with Crippen LogP contribution in [0.4, 0.5) is 0 Å². The second-order valence-corrected chi connectivity index (χ2v) is 3.46. The van der Waals surface area contributed by atoms with Crippen molar-refractivity contribution in [1.82, 2.24) is 0 Å². The first-order chi connectivity index (χ1) is 4.89. The zero-order chi connectivity index (χ0) is 7.23. The summed E-state index contributed by atoms with van der Waals surface area (Å²) >= 11 is 0. The van der Waals surface area contributed by atoms with Gasteiger partial charge in [0.25, 0.3) is 0 Å². The van der Waals surface area contributed by atoms with Crippen molar-refractivity contribution < 1.29 is 0 Å². The zero-order valence-electron chi connectivity index (χ0n) is 6.81. The fraction of sp³-hybridized carbons (Fsp3) is 1.00. The van der Waals surface area contributed by atoms with E-state index < -0.39 is 0 Å². The van der Waals surface area contributed by atoms with Crippen LogP contribution in [-0.2, 0) is 0 Å². The Morgan fingerprint density at radius 3 is 1.60 bits per heavy atom. The fourth-order valence-corrected chi connectivity index (χ4v) is 1.66. The average Bonchev–Trinajstić information content (AvgIpc) is 2.02. The molecule has 1 nitrogen and oxygen atoms in total. The van der Waals surface area contributed by atoms with Gasteiger partial charge >= 0.3 is 0 Å². The Hall–Kier alpha value is 0.0249. The molecule has 0 radical (unpaired) electrons. The summed E-state index contributed by atoms with van der Waals surface area (Å²) in [5.74, 6) is 0. The zero-order valence-corrected chi connectivity index (χ0v) is 6.81. The molecular weight excluding hydrogens is 121 g/mol. The molecule has 1 rings (SSSR count). The lowest BCUT2D eigenvalue weighted by molar-refractivity contribution is 0.633. The number of hydrogen-bond acceptors (Lipinski definition) is 1. The van der Waals surface area contributed by atoms with Crippen molar-refractivity contribution in [3.8, 4) is 0 Å². The molecule has 58 valence electrons. The van der Waals surface area contributed by atoms with E-state index in [0.717, 1.165) is 0 Å². The summed E-state index contributed by atoms with van der Waals surface area (Å²) in [6.07, 6.45) is 10.9. The molecular formula is C8H18BN. The lowest BCUT2D eigenvalue weighted by atomic mass is 9.56. The van der Waals surface area contributed by atoms with Crippen molar-refractivity contribution in [2.24, 2.45) is 5.64 Å². The molecule has 1 aliphatic rings. The van der Waals surface area contributed by atoms with E-state index in [1.165, 1.54) is 51.2 Å². The predicted molar refractivity (Wildman–Crippen MR) is 47.3 cm³/mol. The highest BCUT2D eigenvalue weighted by Gasteiger charge is 2.08. The highest BCUT2D eigenvalue weighted by molar-refractivity contribution is 6.55. The molecule has 0 aliphatic carbocycles. The second kappa shape index (κ2) is 4.78. The smallest absolute Gasteiger partial charge is 0.217 e. The van der Waals surface area contributed by atoms with Crippen LogP contribution in [0, 0.1) is 0 Å². The quantitative estimate of drug-likeness (QED) is 0.512. The van der Waals surface area contributed by atoms with Crippen LogP contribution in [-0.4, -0.2) is 6.85 Å². The van der Waals surface area contributed by atoms with Crippen molar-refractivity contribution in [3.63, 3.8) is 0 Å². The van der Waals surface area contributed by atoms with Gasteiger partial charge in [0.2, 0.25) is 6.85 Å². The van der Waals surface area contributed by atoms with Gasteiger partial charge < -0.3 is 5.64 Å². The van der Waals surface area contributed by atoms with Gasteiger partial charge in [0.05, 0.1) is 0 Å². The first kappa shape index (κ1) is 8.12. The van der Waals surface area contributed by atoms with E-state index in [2.05, 4.69) is 0 Å². The Kier molecular flexibility index (Phi) is 3.88. The standard InChI is InChI=1S/C8H18BN/c10-9-7-5-3-1-2-4-6-8-9/h1-8,10H2. The van der Waals surface area contributed by atoms with E-state index >= 15 is 0 Å². The minimum atomic E-state index is 0.512. The number of hydrogen-bond donors (Lipinski definition) is 1. The van der Waals surface area contributed by atoms with Gasteiger partial charge in [-0.25, -0.2) is 0 Å². The van der Waals surface area contributed by atoms with Gasteiger partial charge in [-0.05, 0) is 0 Å². The van der Waals surface area contributed by atoms with Gasteiger partial charge in [-0.1, -0.05) is 51.2 Å². The molecule has 1 aliphatic heterocycles. The van der Waals surface area contributed by atoms with E-state index in [-0.39, 0.29) is 0 Å². The highest BCUT2D eigenvalue weighted by atomic mass is 14.4. The lowest BCUT2D eigenvalue weighted by Gasteiger charge is -2.02.